The lowest BCUT2D eigenvalue weighted by Gasteiger charge is -2.07. The van der Waals surface area contributed by atoms with E-state index in [1.54, 1.807) is 18.6 Å². The van der Waals surface area contributed by atoms with Gasteiger partial charge in [-0.25, -0.2) is 15.0 Å². The Labute approximate surface area is 116 Å². The van der Waals surface area contributed by atoms with Gasteiger partial charge in [0, 0.05) is 24.1 Å². The summed E-state index contributed by atoms with van der Waals surface area (Å²) in [6.07, 6.45) is 6.36. The van der Waals surface area contributed by atoms with Crippen molar-refractivity contribution in [3.05, 3.63) is 61.3 Å². The van der Waals surface area contributed by atoms with Crippen LogP contribution in [0.4, 0.5) is 23.1 Å². The van der Waals surface area contributed by atoms with Crippen molar-refractivity contribution in [2.24, 2.45) is 0 Å². The summed E-state index contributed by atoms with van der Waals surface area (Å²) in [7, 11) is 0. The summed E-state index contributed by atoms with van der Waals surface area (Å²) < 4.78 is 0. The minimum atomic E-state index is 0.636. The van der Waals surface area contributed by atoms with Gasteiger partial charge in [0.05, 0.1) is 6.20 Å². The van der Waals surface area contributed by atoms with Gasteiger partial charge in [-0.05, 0) is 12.1 Å². The van der Waals surface area contributed by atoms with Gasteiger partial charge in [0.25, 0.3) is 0 Å². The Morgan fingerprint density at radius 3 is 2.30 bits per heavy atom. The predicted molar refractivity (Wildman–Crippen MR) is 77.1 cm³/mol. The third-order valence-electron chi connectivity index (χ3n) is 2.53. The van der Waals surface area contributed by atoms with E-state index in [-0.39, 0.29) is 0 Å². The van der Waals surface area contributed by atoms with Crippen LogP contribution < -0.4 is 10.6 Å². The third-order valence-corrected chi connectivity index (χ3v) is 2.53. The van der Waals surface area contributed by atoms with Crippen molar-refractivity contribution in [2.75, 3.05) is 10.6 Å². The standard InChI is InChI=1S/C14H12N6/c1-2-4-11(5-3-1)19-12-8-13(18-10-17-12)20-14-9-15-6-7-16-14/h1-10H,(H2,16,17,18,19,20). The number of nitrogens with one attached hydrogen (secondary N) is 2. The van der Waals surface area contributed by atoms with E-state index in [0.29, 0.717) is 17.5 Å². The topological polar surface area (TPSA) is 75.6 Å². The Bertz CT molecular complexity index is 615. The van der Waals surface area contributed by atoms with Crippen LogP contribution in [0.3, 0.4) is 0 Å². The molecular formula is C14H12N6. The maximum Gasteiger partial charge on any atom is 0.150 e. The number of benzene rings is 1. The molecule has 0 aliphatic rings. The molecule has 0 saturated heterocycles. The fraction of sp³-hybridized carbons (Fsp3) is 0. The smallest absolute Gasteiger partial charge is 0.150 e. The molecule has 0 radical (unpaired) electrons. The first kappa shape index (κ1) is 12.0. The van der Waals surface area contributed by atoms with Crippen LogP contribution in [0.15, 0.2) is 61.3 Å². The van der Waals surface area contributed by atoms with Crippen molar-refractivity contribution in [1.82, 2.24) is 19.9 Å². The predicted octanol–water partition coefficient (Wildman–Crippen LogP) is 2.75. The maximum atomic E-state index is 4.18. The highest BCUT2D eigenvalue weighted by Gasteiger charge is 2.00. The number of anilines is 4. The normalized spacial score (nSPS) is 10.0. The Morgan fingerprint density at radius 2 is 1.55 bits per heavy atom. The first-order valence-electron chi connectivity index (χ1n) is 6.07. The van der Waals surface area contributed by atoms with Gasteiger partial charge in [0.2, 0.25) is 0 Å². The fourth-order valence-corrected chi connectivity index (χ4v) is 1.66. The molecule has 0 fully saturated rings. The van der Waals surface area contributed by atoms with E-state index in [9.17, 15) is 0 Å². The van der Waals surface area contributed by atoms with Gasteiger partial charge in [-0.2, -0.15) is 0 Å². The largest absolute Gasteiger partial charge is 0.340 e. The van der Waals surface area contributed by atoms with E-state index >= 15 is 0 Å². The molecule has 3 aromatic rings. The average molecular weight is 264 g/mol. The Balaban J connectivity index is 1.76. The van der Waals surface area contributed by atoms with Crippen molar-refractivity contribution < 1.29 is 0 Å². The SMILES string of the molecule is c1ccc(Nc2cc(Nc3cnccn3)ncn2)cc1. The zero-order valence-electron chi connectivity index (χ0n) is 10.6. The van der Waals surface area contributed by atoms with Gasteiger partial charge in [-0.1, -0.05) is 18.2 Å². The van der Waals surface area contributed by atoms with Crippen LogP contribution in [0.1, 0.15) is 0 Å². The molecule has 0 saturated carbocycles. The van der Waals surface area contributed by atoms with Crippen LogP contribution in [-0.2, 0) is 0 Å². The molecule has 6 nitrogen and oxygen atoms in total. The van der Waals surface area contributed by atoms with E-state index in [0.717, 1.165) is 5.69 Å². The maximum absolute atomic E-state index is 4.18. The highest BCUT2D eigenvalue weighted by atomic mass is 15.1. The summed E-state index contributed by atoms with van der Waals surface area (Å²) in [4.78, 5) is 16.4. The number of hydrogen-bond donors (Lipinski definition) is 2. The van der Waals surface area contributed by atoms with E-state index in [4.69, 9.17) is 0 Å². The second-order valence-corrected chi connectivity index (χ2v) is 4.00. The molecule has 20 heavy (non-hydrogen) atoms. The Kier molecular flexibility index (Phi) is 3.46. The average Bonchev–Trinajstić information content (AvgIpc) is 2.50. The molecule has 0 unspecified atom stereocenters. The van der Waals surface area contributed by atoms with Crippen molar-refractivity contribution in [1.29, 1.82) is 0 Å². The summed E-state index contributed by atoms with van der Waals surface area (Å²) in [5, 5.41) is 6.27. The van der Waals surface area contributed by atoms with Crippen LogP contribution >= 0.6 is 0 Å². The Morgan fingerprint density at radius 1 is 0.750 bits per heavy atom. The highest BCUT2D eigenvalue weighted by Crippen LogP contribution is 2.17. The van der Waals surface area contributed by atoms with Crippen molar-refractivity contribution >= 4 is 23.1 Å². The summed E-state index contributed by atoms with van der Waals surface area (Å²) in [5.41, 5.74) is 0.969. The molecule has 3 rings (SSSR count). The molecule has 2 N–H and O–H groups in total. The summed E-state index contributed by atoms with van der Waals surface area (Å²) in [6, 6.07) is 11.6. The zero-order valence-corrected chi connectivity index (χ0v) is 10.6. The molecule has 2 heterocycles. The van der Waals surface area contributed by atoms with Gasteiger partial charge in [-0.15, -0.1) is 0 Å². The molecule has 6 heteroatoms. The quantitative estimate of drug-likeness (QED) is 0.754. The van der Waals surface area contributed by atoms with Gasteiger partial charge in [0.1, 0.15) is 23.8 Å². The van der Waals surface area contributed by atoms with E-state index in [1.165, 1.54) is 6.33 Å². The van der Waals surface area contributed by atoms with Gasteiger partial charge >= 0.3 is 0 Å². The molecule has 0 aliphatic carbocycles. The number of nitrogens with zero attached hydrogens (tertiary/aromatic N) is 4. The second kappa shape index (κ2) is 5.75. The minimum absolute atomic E-state index is 0.636. The molecule has 0 atom stereocenters. The zero-order chi connectivity index (χ0) is 13.6. The van der Waals surface area contributed by atoms with E-state index < -0.39 is 0 Å². The van der Waals surface area contributed by atoms with Crippen LogP contribution in [0.25, 0.3) is 0 Å². The van der Waals surface area contributed by atoms with E-state index in [1.807, 2.05) is 36.4 Å². The molecule has 1 aromatic carbocycles. The van der Waals surface area contributed by atoms with Crippen LogP contribution in [0, 0.1) is 0 Å². The van der Waals surface area contributed by atoms with Crippen LogP contribution in [-0.4, -0.2) is 19.9 Å². The minimum Gasteiger partial charge on any atom is -0.340 e. The number of hydrogen-bond acceptors (Lipinski definition) is 6. The molecule has 0 bridgehead atoms. The summed E-state index contributed by atoms with van der Waals surface area (Å²) >= 11 is 0. The lowest BCUT2D eigenvalue weighted by Crippen LogP contribution is -1.99. The van der Waals surface area contributed by atoms with Crippen molar-refractivity contribution in [3.8, 4) is 0 Å². The lowest BCUT2D eigenvalue weighted by atomic mass is 10.3. The van der Waals surface area contributed by atoms with Crippen molar-refractivity contribution in [2.45, 2.75) is 0 Å². The Hall–Kier alpha value is -3.02. The number of para-hydroxylation sites is 1. The van der Waals surface area contributed by atoms with Crippen LogP contribution in [0.2, 0.25) is 0 Å². The molecule has 0 spiro atoms. The monoisotopic (exact) mass is 264 g/mol. The molecule has 2 aromatic heterocycles. The van der Waals surface area contributed by atoms with Gasteiger partial charge < -0.3 is 10.6 Å². The fourth-order valence-electron chi connectivity index (χ4n) is 1.66. The molecule has 0 aliphatic heterocycles. The molecule has 98 valence electrons. The first-order chi connectivity index (χ1) is 9.90. The van der Waals surface area contributed by atoms with Gasteiger partial charge in [0.15, 0.2) is 0 Å². The van der Waals surface area contributed by atoms with Crippen LogP contribution in [0.5, 0.6) is 0 Å². The van der Waals surface area contributed by atoms with Gasteiger partial charge in [-0.3, -0.25) is 4.98 Å². The molecular weight excluding hydrogens is 252 g/mol. The summed E-state index contributed by atoms with van der Waals surface area (Å²) in [5.74, 6) is 1.99. The third kappa shape index (κ3) is 3.05. The van der Waals surface area contributed by atoms with E-state index in [2.05, 4.69) is 30.6 Å². The highest BCUT2D eigenvalue weighted by molar-refractivity contribution is 5.60. The first-order valence-corrected chi connectivity index (χ1v) is 6.07. The van der Waals surface area contributed by atoms with Crippen molar-refractivity contribution in [3.63, 3.8) is 0 Å². The molecule has 0 amide bonds. The second-order valence-electron chi connectivity index (χ2n) is 4.00. The number of rotatable bonds is 4. The summed E-state index contributed by atoms with van der Waals surface area (Å²) in [6.45, 7) is 0. The lowest BCUT2D eigenvalue weighted by molar-refractivity contribution is 1.14. The number of aromatic nitrogens is 4.